The van der Waals surface area contributed by atoms with E-state index in [2.05, 4.69) is 0 Å². The van der Waals surface area contributed by atoms with Gasteiger partial charge >= 0.3 is 0 Å². The molecular weight excluding hydrogens is 302 g/mol. The number of benzene rings is 2. The van der Waals surface area contributed by atoms with E-state index in [4.69, 9.17) is 32.7 Å². The van der Waals surface area contributed by atoms with Crippen LogP contribution in [0.4, 0.5) is 4.39 Å². The van der Waals surface area contributed by atoms with Gasteiger partial charge in [0.1, 0.15) is 5.82 Å². The van der Waals surface area contributed by atoms with Crippen molar-refractivity contribution in [1.29, 1.82) is 0 Å². The Balaban J connectivity index is 2.46. The maximum Gasteiger partial charge on any atom is 0.161 e. The van der Waals surface area contributed by atoms with Crippen LogP contribution >= 0.6 is 23.2 Å². The van der Waals surface area contributed by atoms with Crippen LogP contribution in [0.1, 0.15) is 16.5 Å². The van der Waals surface area contributed by atoms with E-state index in [1.807, 2.05) is 0 Å². The summed E-state index contributed by atoms with van der Waals surface area (Å²) in [6.45, 7) is 0. The van der Waals surface area contributed by atoms with Crippen LogP contribution in [0.25, 0.3) is 0 Å². The fourth-order valence-electron chi connectivity index (χ4n) is 1.93. The molecule has 0 spiro atoms. The molecule has 0 aliphatic rings. The van der Waals surface area contributed by atoms with Gasteiger partial charge in [-0.2, -0.15) is 0 Å². The van der Waals surface area contributed by atoms with Crippen molar-refractivity contribution in [1.82, 2.24) is 0 Å². The molecule has 0 aliphatic carbocycles. The molecule has 0 saturated heterocycles. The second-order valence-electron chi connectivity index (χ2n) is 4.11. The van der Waals surface area contributed by atoms with Crippen LogP contribution < -0.4 is 9.47 Å². The summed E-state index contributed by atoms with van der Waals surface area (Å²) in [5.74, 6) is 0.676. The van der Waals surface area contributed by atoms with Gasteiger partial charge in [-0.05, 0) is 29.8 Å². The number of methoxy groups -OCH3 is 2. The van der Waals surface area contributed by atoms with Crippen LogP contribution in [0.2, 0.25) is 5.02 Å². The minimum Gasteiger partial charge on any atom is -0.493 e. The fourth-order valence-corrected chi connectivity index (χ4v) is 2.62. The van der Waals surface area contributed by atoms with Crippen molar-refractivity contribution in [2.24, 2.45) is 0 Å². The third kappa shape index (κ3) is 2.84. The summed E-state index contributed by atoms with van der Waals surface area (Å²) in [4.78, 5) is 0. The van der Waals surface area contributed by atoms with Crippen molar-refractivity contribution in [3.05, 3.63) is 58.4 Å². The summed E-state index contributed by atoms with van der Waals surface area (Å²) >= 11 is 12.4. The summed E-state index contributed by atoms with van der Waals surface area (Å²) in [5, 5.41) is -0.414. The SMILES string of the molecule is COc1ccc(C(Cl)c2c(F)cccc2Cl)cc1OC. The Morgan fingerprint density at radius 3 is 2.35 bits per heavy atom. The quantitative estimate of drug-likeness (QED) is 0.753. The van der Waals surface area contributed by atoms with Gasteiger partial charge in [-0.3, -0.25) is 0 Å². The molecule has 2 aromatic carbocycles. The Kier molecular flexibility index (Phi) is 4.73. The third-order valence-corrected chi connectivity index (χ3v) is 3.75. The van der Waals surface area contributed by atoms with E-state index in [0.717, 1.165) is 0 Å². The minimum atomic E-state index is -0.705. The highest BCUT2D eigenvalue weighted by Crippen LogP contribution is 2.38. The molecule has 1 atom stereocenters. The Hall–Kier alpha value is -1.45. The van der Waals surface area contributed by atoms with Crippen molar-refractivity contribution < 1.29 is 13.9 Å². The minimum absolute atomic E-state index is 0.253. The number of halogens is 3. The van der Waals surface area contributed by atoms with Gasteiger partial charge in [0.25, 0.3) is 0 Å². The van der Waals surface area contributed by atoms with Gasteiger partial charge in [-0.25, -0.2) is 4.39 Å². The molecule has 20 heavy (non-hydrogen) atoms. The van der Waals surface area contributed by atoms with Crippen LogP contribution in [0, 0.1) is 5.82 Å². The van der Waals surface area contributed by atoms with E-state index >= 15 is 0 Å². The van der Waals surface area contributed by atoms with Crippen molar-refractivity contribution in [3.8, 4) is 11.5 Å². The number of hydrogen-bond acceptors (Lipinski definition) is 2. The first-order valence-electron chi connectivity index (χ1n) is 5.88. The summed E-state index contributed by atoms with van der Waals surface area (Å²) < 4.78 is 24.3. The van der Waals surface area contributed by atoms with Crippen LogP contribution in [-0.2, 0) is 0 Å². The van der Waals surface area contributed by atoms with Gasteiger partial charge in [0.2, 0.25) is 0 Å². The Bertz CT molecular complexity index is 597. The van der Waals surface area contributed by atoms with Crippen LogP contribution in [0.15, 0.2) is 36.4 Å². The monoisotopic (exact) mass is 314 g/mol. The molecule has 1 unspecified atom stereocenters. The molecule has 106 valence electrons. The summed E-state index contributed by atoms with van der Waals surface area (Å²) in [6.07, 6.45) is 0. The first-order chi connectivity index (χ1) is 9.58. The largest absolute Gasteiger partial charge is 0.493 e. The average molecular weight is 315 g/mol. The number of ether oxygens (including phenoxy) is 2. The second-order valence-corrected chi connectivity index (χ2v) is 4.96. The zero-order chi connectivity index (χ0) is 14.7. The van der Waals surface area contributed by atoms with Crippen molar-refractivity contribution in [3.63, 3.8) is 0 Å². The van der Waals surface area contributed by atoms with Gasteiger partial charge in [0.05, 0.1) is 19.6 Å². The van der Waals surface area contributed by atoms with Gasteiger partial charge in [0.15, 0.2) is 11.5 Å². The lowest BCUT2D eigenvalue weighted by Gasteiger charge is -2.15. The Labute approximate surface area is 127 Å². The predicted octanol–water partition coefficient (Wildman–Crippen LogP) is 4.82. The molecule has 0 heterocycles. The molecule has 0 amide bonds. The lowest BCUT2D eigenvalue weighted by Crippen LogP contribution is -2.00. The smallest absolute Gasteiger partial charge is 0.161 e. The first-order valence-corrected chi connectivity index (χ1v) is 6.69. The third-order valence-electron chi connectivity index (χ3n) is 2.95. The predicted molar refractivity (Wildman–Crippen MR) is 78.7 cm³/mol. The van der Waals surface area contributed by atoms with E-state index in [-0.39, 0.29) is 5.56 Å². The molecule has 0 N–H and O–H groups in total. The van der Waals surface area contributed by atoms with Gasteiger partial charge in [0, 0.05) is 10.6 Å². The highest BCUT2D eigenvalue weighted by atomic mass is 35.5. The second kappa shape index (κ2) is 6.33. The van der Waals surface area contributed by atoms with Crippen molar-refractivity contribution in [2.75, 3.05) is 14.2 Å². The number of hydrogen-bond donors (Lipinski definition) is 0. The zero-order valence-corrected chi connectivity index (χ0v) is 12.5. The van der Waals surface area contributed by atoms with Crippen LogP contribution in [0.5, 0.6) is 11.5 Å². The molecule has 2 nitrogen and oxygen atoms in total. The maximum absolute atomic E-state index is 13.9. The maximum atomic E-state index is 13.9. The topological polar surface area (TPSA) is 18.5 Å². The Morgan fingerprint density at radius 1 is 1.05 bits per heavy atom. The van der Waals surface area contributed by atoms with Crippen molar-refractivity contribution >= 4 is 23.2 Å². The first kappa shape index (κ1) is 14.9. The molecule has 0 fully saturated rings. The van der Waals surface area contributed by atoms with Crippen LogP contribution in [-0.4, -0.2) is 14.2 Å². The Morgan fingerprint density at radius 2 is 1.75 bits per heavy atom. The van der Waals surface area contributed by atoms with E-state index in [1.165, 1.54) is 13.2 Å². The molecule has 5 heteroatoms. The zero-order valence-electron chi connectivity index (χ0n) is 11.0. The molecular formula is C15H13Cl2FO2. The molecule has 0 aliphatic heterocycles. The van der Waals surface area contributed by atoms with Crippen molar-refractivity contribution in [2.45, 2.75) is 5.38 Å². The fraction of sp³-hybridized carbons (Fsp3) is 0.200. The summed E-state index contributed by atoms with van der Waals surface area (Å²) in [6, 6.07) is 9.66. The lowest BCUT2D eigenvalue weighted by atomic mass is 10.0. The van der Waals surface area contributed by atoms with Gasteiger partial charge in [-0.15, -0.1) is 11.6 Å². The average Bonchev–Trinajstić information content (AvgIpc) is 2.46. The standard InChI is InChI=1S/C15H13Cl2FO2/c1-19-12-7-6-9(8-13(12)20-2)15(17)14-10(16)4-3-5-11(14)18/h3-8,15H,1-2H3. The normalized spacial score (nSPS) is 12.1. The van der Waals surface area contributed by atoms with E-state index < -0.39 is 11.2 Å². The number of rotatable bonds is 4. The highest BCUT2D eigenvalue weighted by molar-refractivity contribution is 6.33. The molecule has 0 radical (unpaired) electrons. The highest BCUT2D eigenvalue weighted by Gasteiger charge is 2.20. The molecule has 2 aromatic rings. The molecule has 0 aromatic heterocycles. The summed E-state index contributed by atoms with van der Waals surface area (Å²) in [5.41, 5.74) is 0.930. The van der Waals surface area contributed by atoms with E-state index in [1.54, 1.807) is 37.4 Å². The van der Waals surface area contributed by atoms with Crippen LogP contribution in [0.3, 0.4) is 0 Å². The number of alkyl halides is 1. The molecule has 0 bridgehead atoms. The summed E-state index contributed by atoms with van der Waals surface area (Å²) in [7, 11) is 3.07. The van der Waals surface area contributed by atoms with Gasteiger partial charge < -0.3 is 9.47 Å². The van der Waals surface area contributed by atoms with E-state index in [0.29, 0.717) is 22.1 Å². The van der Waals surface area contributed by atoms with E-state index in [9.17, 15) is 4.39 Å². The lowest BCUT2D eigenvalue weighted by molar-refractivity contribution is 0.354. The molecule has 2 rings (SSSR count). The molecule has 0 saturated carbocycles. The van der Waals surface area contributed by atoms with Gasteiger partial charge in [-0.1, -0.05) is 23.7 Å².